The number of nitrogens with zero attached hydrogens (tertiary/aromatic N) is 1. The molecule has 1 saturated heterocycles. The van der Waals surface area contributed by atoms with Crippen molar-refractivity contribution in [3.63, 3.8) is 0 Å². The van der Waals surface area contributed by atoms with Gasteiger partial charge < -0.3 is 0 Å². The van der Waals surface area contributed by atoms with Gasteiger partial charge in [0, 0.05) is 5.92 Å². The highest BCUT2D eigenvalue weighted by Gasteiger charge is 2.57. The number of hydrogen-bond donors (Lipinski definition) is 1. The molecule has 1 N–H and O–H groups in total. The molecule has 4 rings (SSSR count). The number of rotatable bonds is 2. The van der Waals surface area contributed by atoms with E-state index < -0.39 is 9.84 Å². The molecule has 1 aromatic rings. The Hall–Kier alpha value is -1.62. The van der Waals surface area contributed by atoms with Crippen LogP contribution in [0.2, 0.25) is 0 Å². The third-order valence-electron chi connectivity index (χ3n) is 4.64. The zero-order valence-corrected chi connectivity index (χ0v) is 11.8. The maximum Gasteiger partial charge on any atom is 0.159 e. The smallest absolute Gasteiger partial charge is 0.159 e. The predicted molar refractivity (Wildman–Crippen MR) is 79.3 cm³/mol. The van der Waals surface area contributed by atoms with Gasteiger partial charge in [0.1, 0.15) is 0 Å². The first kappa shape index (κ1) is 12.1. The lowest BCUT2D eigenvalue weighted by atomic mass is 9.90. The SMILES string of the molecule is O=S1(=O)C/C(=N/Nc2ccccc2)[C@@H]2[C@@H]1[C@@H]1C=C[C@@H]2C1. The molecule has 0 radical (unpaired) electrons. The molecule has 1 saturated carbocycles. The molecule has 1 heterocycles. The van der Waals surface area contributed by atoms with Crippen molar-refractivity contribution in [2.75, 3.05) is 11.2 Å². The van der Waals surface area contributed by atoms with Gasteiger partial charge in [0.15, 0.2) is 9.84 Å². The van der Waals surface area contributed by atoms with E-state index in [1.54, 1.807) is 0 Å². The van der Waals surface area contributed by atoms with Crippen LogP contribution in [0.1, 0.15) is 6.42 Å². The summed E-state index contributed by atoms with van der Waals surface area (Å²) in [6.45, 7) is 0. The molecule has 0 aromatic heterocycles. The molecule has 5 heteroatoms. The molecule has 2 bridgehead atoms. The Morgan fingerprint density at radius 1 is 1.10 bits per heavy atom. The van der Waals surface area contributed by atoms with Gasteiger partial charge in [0.05, 0.1) is 22.4 Å². The first-order chi connectivity index (χ1) is 9.65. The van der Waals surface area contributed by atoms with E-state index in [1.165, 1.54) is 0 Å². The first-order valence-corrected chi connectivity index (χ1v) is 8.64. The molecule has 2 aliphatic carbocycles. The van der Waals surface area contributed by atoms with E-state index in [0.29, 0.717) is 5.92 Å². The van der Waals surface area contributed by atoms with Gasteiger partial charge in [0.25, 0.3) is 0 Å². The monoisotopic (exact) mass is 288 g/mol. The van der Waals surface area contributed by atoms with E-state index in [-0.39, 0.29) is 22.8 Å². The standard InChI is InChI=1S/C15H16N2O2S/c18-20(19)9-13(17-16-12-4-2-1-3-5-12)14-10-6-7-11(8-10)15(14)20/h1-7,10-11,14-16H,8-9H2/b17-13-/t10-,11-,14-,15+/m1/s1. The number of nitrogens with one attached hydrogen (secondary N) is 1. The predicted octanol–water partition coefficient (Wildman–Crippen LogP) is 2.07. The first-order valence-electron chi connectivity index (χ1n) is 6.92. The number of anilines is 1. The zero-order chi connectivity index (χ0) is 13.7. The third kappa shape index (κ3) is 1.73. The largest absolute Gasteiger partial charge is 0.279 e. The van der Waals surface area contributed by atoms with Gasteiger partial charge in [-0.25, -0.2) is 8.42 Å². The topological polar surface area (TPSA) is 58.5 Å². The molecule has 1 aliphatic heterocycles. The summed E-state index contributed by atoms with van der Waals surface area (Å²) in [5.74, 6) is 0.765. The molecule has 0 unspecified atom stereocenters. The fourth-order valence-electron chi connectivity index (χ4n) is 3.86. The highest BCUT2D eigenvalue weighted by molar-refractivity contribution is 7.93. The normalized spacial score (nSPS) is 38.3. The average molecular weight is 288 g/mol. The lowest BCUT2D eigenvalue weighted by molar-refractivity contribution is 0.551. The molecular weight excluding hydrogens is 272 g/mol. The molecule has 0 spiro atoms. The number of hydrazone groups is 1. The van der Waals surface area contributed by atoms with Crippen molar-refractivity contribution >= 4 is 21.2 Å². The second kappa shape index (κ2) is 4.19. The van der Waals surface area contributed by atoms with Crippen molar-refractivity contribution in [2.45, 2.75) is 11.7 Å². The van der Waals surface area contributed by atoms with Crippen LogP contribution >= 0.6 is 0 Å². The van der Waals surface area contributed by atoms with Crippen LogP contribution in [0, 0.1) is 17.8 Å². The van der Waals surface area contributed by atoms with Gasteiger partial charge in [-0.1, -0.05) is 30.4 Å². The van der Waals surface area contributed by atoms with Crippen molar-refractivity contribution in [3.05, 3.63) is 42.5 Å². The van der Waals surface area contributed by atoms with Crippen LogP contribution in [-0.2, 0) is 9.84 Å². The molecule has 3 aliphatic rings. The summed E-state index contributed by atoms with van der Waals surface area (Å²) in [4.78, 5) is 0. The summed E-state index contributed by atoms with van der Waals surface area (Å²) < 4.78 is 24.6. The molecule has 1 aromatic carbocycles. The second-order valence-corrected chi connectivity index (χ2v) is 7.99. The van der Waals surface area contributed by atoms with Crippen LogP contribution in [-0.4, -0.2) is 25.1 Å². The quantitative estimate of drug-likeness (QED) is 0.669. The molecule has 4 atom stereocenters. The zero-order valence-electron chi connectivity index (χ0n) is 10.9. The van der Waals surface area contributed by atoms with E-state index in [1.807, 2.05) is 30.3 Å². The average Bonchev–Trinajstić information content (AvgIpc) is 3.10. The molecular formula is C15H16N2O2S. The summed E-state index contributed by atoms with van der Waals surface area (Å²) in [5.41, 5.74) is 4.69. The van der Waals surface area contributed by atoms with Crippen LogP contribution in [0.3, 0.4) is 0 Å². The minimum Gasteiger partial charge on any atom is -0.279 e. The highest BCUT2D eigenvalue weighted by atomic mass is 32.2. The summed E-state index contributed by atoms with van der Waals surface area (Å²) in [7, 11) is -3.03. The molecule has 0 amide bonds. The minimum atomic E-state index is -3.03. The van der Waals surface area contributed by atoms with Crippen molar-refractivity contribution in [2.24, 2.45) is 22.9 Å². The molecule has 2 fully saturated rings. The summed E-state index contributed by atoms with van der Waals surface area (Å²) in [6, 6.07) is 9.64. The number of fused-ring (bicyclic) bond motifs is 5. The minimum absolute atomic E-state index is 0.0891. The van der Waals surface area contributed by atoms with Crippen LogP contribution in [0.25, 0.3) is 0 Å². The van der Waals surface area contributed by atoms with E-state index >= 15 is 0 Å². The van der Waals surface area contributed by atoms with Crippen molar-refractivity contribution in [1.82, 2.24) is 0 Å². The van der Waals surface area contributed by atoms with E-state index in [9.17, 15) is 8.42 Å². The lowest BCUT2D eigenvalue weighted by Gasteiger charge is -2.18. The Kier molecular flexibility index (Phi) is 2.54. The summed E-state index contributed by atoms with van der Waals surface area (Å²) in [5, 5.41) is 4.18. The Morgan fingerprint density at radius 2 is 1.85 bits per heavy atom. The van der Waals surface area contributed by atoms with E-state index in [2.05, 4.69) is 22.7 Å². The Bertz CT molecular complexity index is 694. The van der Waals surface area contributed by atoms with Gasteiger partial charge in [-0.3, -0.25) is 5.43 Å². The maximum absolute atomic E-state index is 12.3. The fraction of sp³-hybridized carbons (Fsp3) is 0.400. The van der Waals surface area contributed by atoms with Crippen molar-refractivity contribution < 1.29 is 8.42 Å². The third-order valence-corrected chi connectivity index (χ3v) is 6.81. The Labute approximate surface area is 118 Å². The van der Waals surface area contributed by atoms with Gasteiger partial charge >= 0.3 is 0 Å². The lowest BCUT2D eigenvalue weighted by Crippen LogP contribution is -2.28. The van der Waals surface area contributed by atoms with Gasteiger partial charge in [0.2, 0.25) is 0 Å². The number of hydrogen-bond acceptors (Lipinski definition) is 4. The van der Waals surface area contributed by atoms with Crippen LogP contribution in [0.4, 0.5) is 5.69 Å². The van der Waals surface area contributed by atoms with Crippen LogP contribution < -0.4 is 5.43 Å². The van der Waals surface area contributed by atoms with Gasteiger partial charge in [-0.05, 0) is 30.4 Å². The van der Waals surface area contributed by atoms with Crippen molar-refractivity contribution in [1.29, 1.82) is 0 Å². The highest BCUT2D eigenvalue weighted by Crippen LogP contribution is 2.51. The Morgan fingerprint density at radius 3 is 2.65 bits per heavy atom. The number of allylic oxidation sites excluding steroid dienone is 2. The van der Waals surface area contributed by atoms with Gasteiger partial charge in [-0.15, -0.1) is 0 Å². The van der Waals surface area contributed by atoms with Crippen molar-refractivity contribution in [3.8, 4) is 0 Å². The maximum atomic E-state index is 12.3. The second-order valence-electron chi connectivity index (χ2n) is 5.83. The summed E-state index contributed by atoms with van der Waals surface area (Å²) in [6.07, 6.45) is 5.22. The van der Waals surface area contributed by atoms with E-state index in [4.69, 9.17) is 0 Å². The molecule has 104 valence electrons. The van der Waals surface area contributed by atoms with Crippen LogP contribution in [0.5, 0.6) is 0 Å². The molecule has 20 heavy (non-hydrogen) atoms. The van der Waals surface area contributed by atoms with Crippen LogP contribution in [0.15, 0.2) is 47.6 Å². The number of benzene rings is 1. The van der Waals surface area contributed by atoms with E-state index in [0.717, 1.165) is 17.8 Å². The van der Waals surface area contributed by atoms with Gasteiger partial charge in [-0.2, -0.15) is 5.10 Å². The Balaban J connectivity index is 1.65. The molecule has 4 nitrogen and oxygen atoms in total. The summed E-state index contributed by atoms with van der Waals surface area (Å²) >= 11 is 0. The number of para-hydroxylation sites is 1. The fourth-order valence-corrected chi connectivity index (χ4v) is 6.26. The number of sulfone groups is 1.